The maximum Gasteiger partial charge on any atom is 0.467 e. The van der Waals surface area contributed by atoms with Crippen LogP contribution >= 0.6 is 11.6 Å². The van der Waals surface area contributed by atoms with E-state index in [0.29, 0.717) is 0 Å². The van der Waals surface area contributed by atoms with Crippen molar-refractivity contribution in [2.75, 3.05) is 0 Å². The Balaban J connectivity index is 2.91. The van der Waals surface area contributed by atoms with E-state index in [1.165, 1.54) is 0 Å². The normalized spacial score (nSPS) is 27.5. The summed E-state index contributed by atoms with van der Waals surface area (Å²) in [4.78, 5) is -1.40. The molecule has 1 nitrogen and oxygen atoms in total. The molecule has 1 aliphatic rings. The second-order valence-corrected chi connectivity index (χ2v) is 3.91. The maximum absolute atomic E-state index is 12.2. The lowest BCUT2D eigenvalue weighted by molar-refractivity contribution is -0.381. The summed E-state index contributed by atoms with van der Waals surface area (Å²) in [6.07, 6.45) is -9.06. The van der Waals surface area contributed by atoms with Crippen molar-refractivity contribution in [2.45, 2.75) is 36.9 Å². The van der Waals surface area contributed by atoms with Crippen LogP contribution < -0.4 is 0 Å². The molecule has 1 aliphatic carbocycles. The van der Waals surface area contributed by atoms with Crippen LogP contribution in [0.3, 0.4) is 0 Å². The third kappa shape index (κ3) is 3.28. The zero-order valence-corrected chi connectivity index (χ0v) is 8.57. The van der Waals surface area contributed by atoms with Crippen molar-refractivity contribution < 1.29 is 26.3 Å². The molecular weight excluding hydrogens is 260 g/mol. The van der Waals surface area contributed by atoms with Crippen molar-refractivity contribution in [1.29, 1.82) is 0 Å². The second-order valence-electron chi connectivity index (χ2n) is 3.35. The van der Waals surface area contributed by atoms with Gasteiger partial charge in [-0.3, -0.25) is 0 Å². The third-order valence-electron chi connectivity index (χ3n) is 2.16. The van der Waals surface area contributed by atoms with Gasteiger partial charge in [0, 0.05) is 6.04 Å². The molecule has 0 N–H and O–H groups in total. The van der Waals surface area contributed by atoms with Gasteiger partial charge in [0.25, 0.3) is 0 Å². The number of nitrogens with zero attached hydrogens (tertiary/aromatic N) is 1. The molecule has 0 saturated carbocycles. The predicted octanol–water partition coefficient (Wildman–Crippen LogP) is 3.65. The lowest BCUT2D eigenvalue weighted by atomic mass is 10.0. The average Bonchev–Trinajstić information content (AvgIpc) is 2.03. The maximum atomic E-state index is 12.2. The van der Waals surface area contributed by atoms with Crippen molar-refractivity contribution >= 4 is 11.6 Å². The molecule has 0 aromatic heterocycles. The van der Waals surface area contributed by atoms with Gasteiger partial charge in [-0.05, 0) is 12.8 Å². The molecule has 0 fully saturated rings. The minimum Gasteiger partial charge on any atom is -0.155 e. The number of hydrogen-bond donors (Lipinski definition) is 0. The minimum absolute atomic E-state index is 0.0887. The minimum atomic E-state index is -5.44. The van der Waals surface area contributed by atoms with Gasteiger partial charge in [-0.25, -0.2) is 0 Å². The van der Waals surface area contributed by atoms with Gasteiger partial charge in [0.05, 0.1) is 5.38 Å². The van der Waals surface area contributed by atoms with Crippen LogP contribution in [-0.2, 0) is 0 Å². The van der Waals surface area contributed by atoms with Crippen molar-refractivity contribution in [3.05, 3.63) is 12.2 Å². The summed E-state index contributed by atoms with van der Waals surface area (Å²) < 4.78 is 73.4. The van der Waals surface area contributed by atoms with Crippen LogP contribution in [-0.4, -0.2) is 28.9 Å². The molecule has 2 atom stereocenters. The molecule has 0 aromatic carbocycles. The third-order valence-corrected chi connectivity index (χ3v) is 2.52. The second kappa shape index (κ2) is 4.44. The summed E-state index contributed by atoms with van der Waals surface area (Å²) in [7, 11) is 0. The first-order valence-electron chi connectivity index (χ1n) is 4.37. The summed E-state index contributed by atoms with van der Waals surface area (Å²) in [5.74, 6) is 0. The Morgan fingerprint density at radius 3 is 1.75 bits per heavy atom. The number of halogens is 7. The molecule has 0 saturated heterocycles. The van der Waals surface area contributed by atoms with Gasteiger partial charge in [-0.1, -0.05) is 12.2 Å². The van der Waals surface area contributed by atoms with Gasteiger partial charge in [-0.2, -0.15) is 26.3 Å². The molecule has 94 valence electrons. The van der Waals surface area contributed by atoms with Crippen molar-refractivity contribution in [3.63, 3.8) is 0 Å². The van der Waals surface area contributed by atoms with E-state index in [0.717, 1.165) is 12.2 Å². The number of rotatable bonds is 1. The molecule has 0 unspecified atom stereocenters. The fourth-order valence-corrected chi connectivity index (χ4v) is 1.72. The first-order valence-corrected chi connectivity index (χ1v) is 4.81. The summed E-state index contributed by atoms with van der Waals surface area (Å²) in [5.41, 5.74) is 0. The monoisotopic (exact) mass is 267 g/mol. The van der Waals surface area contributed by atoms with Crippen LogP contribution in [0.5, 0.6) is 0 Å². The molecule has 0 bridgehead atoms. The van der Waals surface area contributed by atoms with Gasteiger partial charge < -0.3 is 0 Å². The fraction of sp³-hybridized carbons (Fsp3) is 0.750. The smallest absolute Gasteiger partial charge is 0.155 e. The molecule has 0 spiro atoms. The Bertz CT molecular complexity index is 257. The van der Waals surface area contributed by atoms with E-state index in [2.05, 4.69) is 0 Å². The summed E-state index contributed by atoms with van der Waals surface area (Å²) >= 11 is 5.55. The topological polar surface area (TPSA) is 3.24 Å². The Morgan fingerprint density at radius 1 is 0.938 bits per heavy atom. The van der Waals surface area contributed by atoms with Crippen LogP contribution in [0.1, 0.15) is 12.8 Å². The van der Waals surface area contributed by atoms with E-state index in [9.17, 15) is 26.3 Å². The first-order chi connectivity index (χ1) is 7.12. The number of hydrogen-bond acceptors (Lipinski definition) is 1. The highest BCUT2D eigenvalue weighted by Crippen LogP contribution is 2.38. The van der Waals surface area contributed by atoms with Crippen molar-refractivity contribution in [1.82, 2.24) is 4.90 Å². The highest BCUT2D eigenvalue weighted by molar-refractivity contribution is 6.21. The van der Waals surface area contributed by atoms with Gasteiger partial charge in [0.1, 0.15) is 0 Å². The average molecular weight is 268 g/mol. The van der Waals surface area contributed by atoms with E-state index in [1.54, 1.807) is 0 Å². The molecule has 0 radical (unpaired) electrons. The molecule has 1 rings (SSSR count). The predicted molar refractivity (Wildman–Crippen MR) is 45.8 cm³/mol. The zero-order valence-electron chi connectivity index (χ0n) is 7.82. The molecule has 0 aromatic rings. The molecule has 0 heterocycles. The van der Waals surface area contributed by atoms with E-state index in [-0.39, 0.29) is 12.8 Å². The standard InChI is InChI=1S/C8H8ClF6N/c9-5-1-3-6(4-2-5)16(7(10,11)12)8(13,14)15/h1,3,5-6H,2,4H2/t5-,6+/m0/s1. The Labute approximate surface area is 92.7 Å². The highest BCUT2D eigenvalue weighted by atomic mass is 35.5. The number of allylic oxidation sites excluding steroid dienone is 1. The molecule has 0 aliphatic heterocycles. The zero-order chi connectivity index (χ0) is 12.6. The summed E-state index contributed by atoms with van der Waals surface area (Å²) in [6, 6.07) is -1.73. The highest BCUT2D eigenvalue weighted by Gasteiger charge is 2.56. The fourth-order valence-electron chi connectivity index (χ4n) is 1.51. The molecule has 8 heteroatoms. The van der Waals surface area contributed by atoms with Crippen LogP contribution in [0.2, 0.25) is 0 Å². The van der Waals surface area contributed by atoms with Crippen LogP contribution in [0, 0.1) is 0 Å². The lowest BCUT2D eigenvalue weighted by Crippen LogP contribution is -2.53. The number of alkyl halides is 7. The SMILES string of the molecule is FC(F)(F)N([C@@H]1C=C[C@H](Cl)CC1)C(F)(F)F. The summed E-state index contributed by atoms with van der Waals surface area (Å²) in [5, 5.41) is -0.500. The Morgan fingerprint density at radius 2 is 1.44 bits per heavy atom. The van der Waals surface area contributed by atoms with Gasteiger partial charge in [0.2, 0.25) is 0 Å². The van der Waals surface area contributed by atoms with Crippen LogP contribution in [0.15, 0.2) is 12.2 Å². The Hall–Kier alpha value is -0.430. The van der Waals surface area contributed by atoms with E-state index >= 15 is 0 Å². The Kier molecular flexibility index (Phi) is 3.79. The lowest BCUT2D eigenvalue weighted by Gasteiger charge is -2.34. The molecule has 16 heavy (non-hydrogen) atoms. The van der Waals surface area contributed by atoms with Crippen molar-refractivity contribution in [2.24, 2.45) is 0 Å². The quantitative estimate of drug-likeness (QED) is 0.303. The summed E-state index contributed by atoms with van der Waals surface area (Å²) in [6.45, 7) is 0. The molecular formula is C8H8ClF6N. The largest absolute Gasteiger partial charge is 0.467 e. The van der Waals surface area contributed by atoms with E-state index in [4.69, 9.17) is 11.6 Å². The van der Waals surface area contributed by atoms with E-state index in [1.807, 2.05) is 0 Å². The van der Waals surface area contributed by atoms with Crippen LogP contribution in [0.25, 0.3) is 0 Å². The van der Waals surface area contributed by atoms with Gasteiger partial charge >= 0.3 is 12.6 Å². The van der Waals surface area contributed by atoms with Gasteiger partial charge in [0.15, 0.2) is 0 Å². The van der Waals surface area contributed by atoms with Crippen LogP contribution in [0.4, 0.5) is 26.3 Å². The van der Waals surface area contributed by atoms with Crippen molar-refractivity contribution in [3.8, 4) is 0 Å². The molecule has 0 amide bonds. The van der Waals surface area contributed by atoms with E-state index < -0.39 is 28.9 Å². The van der Waals surface area contributed by atoms with Gasteiger partial charge in [-0.15, -0.1) is 16.5 Å². The first kappa shape index (κ1) is 13.6.